The molecule has 1 atom stereocenters. The van der Waals surface area contributed by atoms with Crippen LogP contribution < -0.4 is 29.1 Å². The maximum Gasteiger partial charge on any atom is 0.338 e. The van der Waals surface area contributed by atoms with Crippen LogP contribution in [0.2, 0.25) is 0 Å². The van der Waals surface area contributed by atoms with Crippen molar-refractivity contribution in [3.63, 3.8) is 0 Å². The molecule has 4 aromatic rings. The van der Waals surface area contributed by atoms with E-state index in [4.69, 9.17) is 18.9 Å². The molecule has 0 fully saturated rings. The van der Waals surface area contributed by atoms with Crippen molar-refractivity contribution in [3.8, 4) is 17.2 Å². The summed E-state index contributed by atoms with van der Waals surface area (Å²) in [5, 5.41) is 11.4. The third kappa shape index (κ3) is 6.50. The molecule has 11 nitrogen and oxygen atoms in total. The number of esters is 1. The molecule has 0 amide bonds. The minimum Gasteiger partial charge on any atom is -0.497 e. The Labute approximate surface area is 262 Å². The number of thiazole rings is 1. The molecule has 1 aromatic heterocycles. The van der Waals surface area contributed by atoms with Crippen LogP contribution in [0.15, 0.2) is 87.8 Å². The van der Waals surface area contributed by atoms with E-state index in [2.05, 4.69) is 4.99 Å². The van der Waals surface area contributed by atoms with Crippen LogP contribution in [0.3, 0.4) is 0 Å². The van der Waals surface area contributed by atoms with Gasteiger partial charge in [-0.25, -0.2) is 9.79 Å². The molecular weight excluding hydrogens is 598 g/mol. The van der Waals surface area contributed by atoms with E-state index in [1.165, 1.54) is 22.0 Å². The molecule has 0 spiro atoms. The molecule has 232 valence electrons. The van der Waals surface area contributed by atoms with E-state index in [1.807, 2.05) is 19.1 Å². The number of fused-ring (bicyclic) bond motifs is 1. The van der Waals surface area contributed by atoms with Gasteiger partial charge >= 0.3 is 5.97 Å². The Bertz CT molecular complexity index is 1960. The number of carbonyl (C=O) groups excluding carboxylic acids is 1. The first-order chi connectivity index (χ1) is 21.7. The number of hydrogen-bond acceptors (Lipinski definition) is 10. The highest BCUT2D eigenvalue weighted by molar-refractivity contribution is 7.07. The van der Waals surface area contributed by atoms with Gasteiger partial charge in [0.2, 0.25) is 0 Å². The fraction of sp³-hybridized carbons (Fsp3) is 0.242. The molecule has 0 saturated heterocycles. The molecular formula is C33H31N3O8S. The Morgan fingerprint density at radius 3 is 2.49 bits per heavy atom. The Balaban J connectivity index is 1.54. The Morgan fingerprint density at radius 1 is 1.04 bits per heavy atom. The fourth-order valence-corrected chi connectivity index (χ4v) is 6.06. The quantitative estimate of drug-likeness (QED) is 0.133. The number of nitrogens with zero attached hydrogens (tertiary/aromatic N) is 3. The lowest BCUT2D eigenvalue weighted by Crippen LogP contribution is -2.39. The Morgan fingerprint density at radius 2 is 1.80 bits per heavy atom. The second-order valence-electron chi connectivity index (χ2n) is 9.89. The third-order valence-corrected chi connectivity index (χ3v) is 8.07. The summed E-state index contributed by atoms with van der Waals surface area (Å²) in [6, 6.07) is 18.0. The van der Waals surface area contributed by atoms with Gasteiger partial charge in [0.1, 0.15) is 12.4 Å². The predicted octanol–water partition coefficient (Wildman–Crippen LogP) is 4.69. The predicted molar refractivity (Wildman–Crippen MR) is 168 cm³/mol. The van der Waals surface area contributed by atoms with Gasteiger partial charge in [0.15, 0.2) is 16.3 Å². The van der Waals surface area contributed by atoms with Crippen LogP contribution in [-0.4, -0.2) is 35.8 Å². The van der Waals surface area contributed by atoms with Crippen molar-refractivity contribution in [2.24, 2.45) is 4.99 Å². The van der Waals surface area contributed by atoms with Crippen LogP contribution in [-0.2, 0) is 16.1 Å². The van der Waals surface area contributed by atoms with Gasteiger partial charge in [-0.05, 0) is 68.3 Å². The molecule has 5 rings (SSSR count). The topological polar surface area (TPSA) is 131 Å². The molecule has 3 aromatic carbocycles. The highest BCUT2D eigenvalue weighted by Gasteiger charge is 2.33. The van der Waals surface area contributed by atoms with Gasteiger partial charge in [0.25, 0.3) is 11.2 Å². The van der Waals surface area contributed by atoms with Crippen molar-refractivity contribution in [2.45, 2.75) is 33.4 Å². The molecule has 12 heteroatoms. The van der Waals surface area contributed by atoms with E-state index < -0.39 is 16.9 Å². The van der Waals surface area contributed by atoms with Crippen LogP contribution in [0.4, 0.5) is 5.69 Å². The SMILES string of the molecule is CCOC(=O)C1=C(C)N=c2sc(=Cc3ccc(OCc4ccccc4[N+](=O)[O-])c(OCC)c3)c(=O)n2[C@@H]1c1ccc(OC)cc1. The van der Waals surface area contributed by atoms with E-state index in [1.54, 1.807) is 75.6 Å². The van der Waals surface area contributed by atoms with Crippen LogP contribution in [0, 0.1) is 10.1 Å². The average Bonchev–Trinajstić information content (AvgIpc) is 3.34. The standard InChI is InChI=1S/C33H31N3O8S/c1-5-42-27-17-21(11-16-26(27)44-19-23-9-7-8-10-25(23)36(39)40)18-28-31(37)35-30(22-12-14-24(41-4)15-13-22)29(32(38)43-6-2)20(3)34-33(35)45-28/h7-18,30H,5-6,19H2,1-4H3/t30-/m1/s1. The summed E-state index contributed by atoms with van der Waals surface area (Å²) >= 11 is 1.21. The highest BCUT2D eigenvalue weighted by Crippen LogP contribution is 2.33. The number of benzene rings is 3. The van der Waals surface area contributed by atoms with Crippen molar-refractivity contribution in [3.05, 3.63) is 124 Å². The second kappa shape index (κ2) is 13.6. The van der Waals surface area contributed by atoms with Crippen molar-refractivity contribution < 1.29 is 28.7 Å². The normalized spacial score (nSPS) is 14.4. The lowest BCUT2D eigenvalue weighted by Gasteiger charge is -2.24. The number of rotatable bonds is 11. The maximum atomic E-state index is 14.0. The first-order valence-corrected chi connectivity index (χ1v) is 15.0. The molecule has 0 saturated carbocycles. The Kier molecular flexibility index (Phi) is 9.43. The monoisotopic (exact) mass is 629 g/mol. The first kappa shape index (κ1) is 31.2. The summed E-state index contributed by atoms with van der Waals surface area (Å²) in [5.41, 5.74) is 2.23. The van der Waals surface area contributed by atoms with Crippen LogP contribution >= 0.6 is 11.3 Å². The van der Waals surface area contributed by atoms with E-state index in [9.17, 15) is 19.7 Å². The zero-order valence-electron chi connectivity index (χ0n) is 25.1. The van der Waals surface area contributed by atoms with E-state index in [-0.39, 0.29) is 24.5 Å². The van der Waals surface area contributed by atoms with E-state index >= 15 is 0 Å². The zero-order valence-corrected chi connectivity index (χ0v) is 26.0. The molecule has 45 heavy (non-hydrogen) atoms. The number of hydrogen-bond donors (Lipinski definition) is 0. The van der Waals surface area contributed by atoms with Gasteiger partial charge in [-0.15, -0.1) is 0 Å². The summed E-state index contributed by atoms with van der Waals surface area (Å²) in [6.45, 7) is 5.80. The largest absolute Gasteiger partial charge is 0.497 e. The number of nitro benzene ring substituents is 1. The van der Waals surface area contributed by atoms with Crippen molar-refractivity contribution in [1.29, 1.82) is 0 Å². The van der Waals surface area contributed by atoms with Crippen LogP contribution in [0.25, 0.3) is 6.08 Å². The summed E-state index contributed by atoms with van der Waals surface area (Å²) in [5.74, 6) is 0.938. The molecule has 1 aliphatic rings. The van der Waals surface area contributed by atoms with Gasteiger partial charge in [-0.1, -0.05) is 41.7 Å². The van der Waals surface area contributed by atoms with Crippen LogP contribution in [0.5, 0.6) is 17.2 Å². The highest BCUT2D eigenvalue weighted by atomic mass is 32.1. The molecule has 0 radical (unpaired) electrons. The number of ether oxygens (including phenoxy) is 4. The molecule has 0 bridgehead atoms. The van der Waals surface area contributed by atoms with Gasteiger partial charge in [-0.3, -0.25) is 19.5 Å². The van der Waals surface area contributed by atoms with Gasteiger partial charge < -0.3 is 18.9 Å². The fourth-order valence-electron chi connectivity index (χ4n) is 5.01. The molecule has 0 unspecified atom stereocenters. The van der Waals surface area contributed by atoms with Crippen LogP contribution in [0.1, 0.15) is 43.5 Å². The first-order valence-electron chi connectivity index (χ1n) is 14.2. The number of para-hydroxylation sites is 1. The maximum absolute atomic E-state index is 14.0. The smallest absolute Gasteiger partial charge is 0.338 e. The molecule has 1 aliphatic heterocycles. The average molecular weight is 630 g/mol. The van der Waals surface area contributed by atoms with Gasteiger partial charge in [0, 0.05) is 6.07 Å². The number of aromatic nitrogens is 1. The minimum atomic E-state index is -0.745. The summed E-state index contributed by atoms with van der Waals surface area (Å²) in [7, 11) is 1.57. The lowest BCUT2D eigenvalue weighted by atomic mass is 9.96. The number of allylic oxidation sites excluding steroid dienone is 1. The van der Waals surface area contributed by atoms with E-state index in [0.717, 1.165) is 0 Å². The third-order valence-electron chi connectivity index (χ3n) is 7.09. The van der Waals surface area contributed by atoms with Crippen molar-refractivity contribution >= 4 is 29.1 Å². The van der Waals surface area contributed by atoms with Gasteiger partial charge in [0.05, 0.1) is 52.7 Å². The number of carbonyl (C=O) groups is 1. The lowest BCUT2D eigenvalue weighted by molar-refractivity contribution is -0.385. The van der Waals surface area contributed by atoms with E-state index in [0.29, 0.717) is 61.1 Å². The summed E-state index contributed by atoms with van der Waals surface area (Å²) in [6.07, 6.45) is 1.73. The molecule has 0 aliphatic carbocycles. The molecule has 0 N–H and O–H groups in total. The van der Waals surface area contributed by atoms with Gasteiger partial charge in [-0.2, -0.15) is 0 Å². The van der Waals surface area contributed by atoms with Crippen molar-refractivity contribution in [2.75, 3.05) is 20.3 Å². The molecule has 2 heterocycles. The second-order valence-corrected chi connectivity index (χ2v) is 10.9. The number of methoxy groups -OCH3 is 1. The zero-order chi connectivity index (χ0) is 32.1. The summed E-state index contributed by atoms with van der Waals surface area (Å²) < 4.78 is 24.3. The van der Waals surface area contributed by atoms with Crippen molar-refractivity contribution in [1.82, 2.24) is 4.57 Å². The Hall–Kier alpha value is -5.23. The summed E-state index contributed by atoms with van der Waals surface area (Å²) in [4.78, 5) is 43.1. The number of nitro groups is 1. The minimum absolute atomic E-state index is 0.0251.